The molecule has 1 aromatic carbocycles. The number of carbonyl (C=O) groups is 8. The highest BCUT2D eigenvalue weighted by molar-refractivity contribution is 7.14. The molecule has 104 heavy (non-hydrogen) atoms. The Hall–Kier alpha value is -9.36. The molecule has 39 heteroatoms. The van der Waals surface area contributed by atoms with E-state index in [2.05, 4.69) is 46.9 Å². The predicted octanol–water partition coefficient (Wildman–Crippen LogP) is 3.26. The second-order valence-corrected chi connectivity index (χ2v) is 29.8. The maximum atomic E-state index is 15.2. The van der Waals surface area contributed by atoms with Crippen LogP contribution >= 0.6 is 56.7 Å². The summed E-state index contributed by atoms with van der Waals surface area (Å²) >= 11 is 4.59. The number of aromatic hydroxyl groups is 1. The Morgan fingerprint density at radius 2 is 1.56 bits per heavy atom. The number of nitrogens with two attached hydrogens (primary N) is 1. The fourth-order valence-corrected chi connectivity index (χ4v) is 17.0. The summed E-state index contributed by atoms with van der Waals surface area (Å²) in [7, 11) is 6.96. The number of hydrogen-bond donors (Lipinski definition) is 10. The second kappa shape index (κ2) is 30.0. The van der Waals surface area contributed by atoms with Crippen molar-refractivity contribution in [1.29, 1.82) is 0 Å². The van der Waals surface area contributed by atoms with Gasteiger partial charge < -0.3 is 91.1 Å². The van der Waals surface area contributed by atoms with Gasteiger partial charge in [-0.2, -0.15) is 4.73 Å². The average Bonchev–Trinajstić information content (AvgIpc) is 1.59. The fraction of sp³-hybridized carbons (Fsp3) is 0.415. The molecular formula is C65H70N16O18S5. The van der Waals surface area contributed by atoms with Crippen LogP contribution in [0.2, 0.25) is 0 Å². The van der Waals surface area contributed by atoms with Crippen LogP contribution in [0, 0.1) is 0 Å². The number of aliphatic hydroxyl groups excluding tert-OH is 1. The highest BCUT2D eigenvalue weighted by Gasteiger charge is 2.54. The summed E-state index contributed by atoms with van der Waals surface area (Å²) < 4.78 is 45.0. The van der Waals surface area contributed by atoms with Crippen molar-refractivity contribution in [2.45, 2.75) is 114 Å². The number of rotatable bonds is 13. The number of aromatic nitrogens is 7. The van der Waals surface area contributed by atoms with E-state index < -0.39 is 139 Å². The van der Waals surface area contributed by atoms with Gasteiger partial charge in [0.15, 0.2) is 18.1 Å². The van der Waals surface area contributed by atoms with Crippen molar-refractivity contribution in [3.63, 3.8) is 0 Å². The van der Waals surface area contributed by atoms with Gasteiger partial charge in [0.2, 0.25) is 11.8 Å². The summed E-state index contributed by atoms with van der Waals surface area (Å²) in [5, 5.41) is 59.5. The number of thiazole rings is 5. The molecule has 11 N–H and O–H groups in total. The largest absolute Gasteiger partial charge is 0.506 e. The van der Waals surface area contributed by atoms with Crippen LogP contribution in [0.4, 0.5) is 0 Å². The number of likely N-dealkylation sites (N-methyl/N-ethyl adjacent to an activating group) is 2. The number of esters is 2. The number of aliphatic hydroxyl groups is 1. The van der Waals surface area contributed by atoms with Gasteiger partial charge in [-0.25, -0.2) is 39.5 Å². The maximum absolute atomic E-state index is 15.2. The first kappa shape index (κ1) is 73.0. The lowest BCUT2D eigenvalue weighted by atomic mass is 9.86. The molecule has 34 nitrogen and oxygen atoms in total. The zero-order valence-electron chi connectivity index (χ0n) is 56.7. The Balaban J connectivity index is 0.956. The number of benzene rings is 1. The Morgan fingerprint density at radius 3 is 2.31 bits per heavy atom. The van der Waals surface area contributed by atoms with Gasteiger partial charge in [-0.05, 0) is 66.5 Å². The lowest BCUT2D eigenvalue weighted by Gasteiger charge is -2.45. The number of methoxy groups -OCH3 is 1. The van der Waals surface area contributed by atoms with Crippen LogP contribution in [-0.2, 0) is 60.8 Å². The van der Waals surface area contributed by atoms with Crippen molar-refractivity contribution in [2.24, 2.45) is 5.73 Å². The molecule has 2 saturated heterocycles. The molecule has 5 aliphatic rings. The number of nitrogens with zero attached hydrogens (tertiary/aromatic N) is 9. The average molecular weight is 1520 g/mol. The molecule has 6 amide bonds. The van der Waals surface area contributed by atoms with Crippen LogP contribution in [-0.4, -0.2) is 223 Å². The molecule has 11 unspecified atom stereocenters. The topological polar surface area (TPSA) is 449 Å². The summed E-state index contributed by atoms with van der Waals surface area (Å²) in [6, 6.07) is -0.00597. The molecule has 0 aliphatic carbocycles. The number of pyridine rings is 1. The third-order valence-corrected chi connectivity index (χ3v) is 22.5. The summed E-state index contributed by atoms with van der Waals surface area (Å²) in [5.74, 6) is -7.79. The van der Waals surface area contributed by atoms with Gasteiger partial charge in [0.25, 0.3) is 23.6 Å². The van der Waals surface area contributed by atoms with Crippen LogP contribution in [0.5, 0.6) is 5.75 Å². The van der Waals surface area contributed by atoms with Crippen molar-refractivity contribution in [2.75, 3.05) is 61.2 Å². The molecule has 11 atom stereocenters. The third kappa shape index (κ3) is 14.6. The normalized spacial score (nSPS) is 24.4. The third-order valence-electron chi connectivity index (χ3n) is 18.0. The summed E-state index contributed by atoms with van der Waals surface area (Å²) in [4.78, 5) is 148. The molecule has 2 fully saturated rings. The number of cyclic esters (lactones) is 2. The number of fused-ring (bicyclic) bond motifs is 16. The van der Waals surface area contributed by atoms with Crippen LogP contribution < -0.4 is 37.6 Å². The van der Waals surface area contributed by atoms with E-state index >= 15 is 19.2 Å². The van der Waals surface area contributed by atoms with E-state index in [4.69, 9.17) is 53.8 Å². The van der Waals surface area contributed by atoms with Crippen LogP contribution in [0.1, 0.15) is 125 Å². The van der Waals surface area contributed by atoms with Gasteiger partial charge in [-0.1, -0.05) is 12.1 Å². The minimum atomic E-state index is -1.84. The van der Waals surface area contributed by atoms with Gasteiger partial charge in [-0.3, -0.25) is 33.7 Å². The number of primary amides is 1. The first-order valence-electron chi connectivity index (χ1n) is 32.4. The van der Waals surface area contributed by atoms with Gasteiger partial charge in [0, 0.05) is 69.5 Å². The number of nitrogens with one attached hydrogen (secondary N) is 6. The van der Waals surface area contributed by atoms with Crippen molar-refractivity contribution in [3.8, 4) is 38.4 Å². The standard InChI is InChI=1S/C65H70N16O18S5/c1-26(82)43-57(89)77-44(27(2)93-8)60-72-38(24-102-60)56(88)78-47-49-50(99-41-15-65(4)51(28(3)98-41)80(7)25-97-65)64(91)95-17-29-10-9-11-39-42(29)31(18-94-49)48(81(39)92)63(90)96-19-33(69-54(86)36-23-104-62(47)74-36)59-70-34(20-101-59)45-30(58-71-37(21-100-58)55(87)76-43)14-40(83)46(75-45)61-73-35(22-103-61)53(85)68-32(52(66)84)16-67-12-13-79(5)6/h9-11,14,20-24,26,28,32-33,41,43,47,49-51,67,82-83,92H,12-13,15-19,25H2,1-8H3,(H2,66,84)(H,68,85)(H,69,86)(H,76,87)(H,77,89)(H,78,88)/b44-27+. The maximum Gasteiger partial charge on any atom is 0.358 e. The summed E-state index contributed by atoms with van der Waals surface area (Å²) in [6.45, 7) is 6.19. The predicted molar refractivity (Wildman–Crippen MR) is 374 cm³/mol. The van der Waals surface area contributed by atoms with Gasteiger partial charge >= 0.3 is 11.9 Å². The molecule has 7 aromatic heterocycles. The van der Waals surface area contributed by atoms with E-state index in [1.54, 1.807) is 17.5 Å². The van der Waals surface area contributed by atoms with E-state index in [9.17, 15) is 34.6 Å². The molecular weight excluding hydrogens is 1450 g/mol. The van der Waals surface area contributed by atoms with E-state index in [1.165, 1.54) is 54.6 Å². The van der Waals surface area contributed by atoms with Gasteiger partial charge in [-0.15, -0.1) is 56.7 Å². The number of amides is 6. The molecule has 0 saturated carbocycles. The van der Waals surface area contributed by atoms with Crippen molar-refractivity contribution >= 4 is 121 Å². The van der Waals surface area contributed by atoms with Crippen molar-refractivity contribution in [1.82, 2.24) is 76.3 Å². The summed E-state index contributed by atoms with van der Waals surface area (Å²) in [5.41, 5.74) is 3.77. The zero-order chi connectivity index (χ0) is 73.7. The molecule has 0 spiro atoms. The van der Waals surface area contributed by atoms with Gasteiger partial charge in [0.1, 0.15) is 126 Å². The van der Waals surface area contributed by atoms with Crippen LogP contribution in [0.25, 0.3) is 49.3 Å². The number of ether oxygens (including phenoxy) is 7. The van der Waals surface area contributed by atoms with Crippen molar-refractivity contribution < 1.29 is 86.9 Å². The smallest absolute Gasteiger partial charge is 0.358 e. The molecule has 548 valence electrons. The monoisotopic (exact) mass is 1520 g/mol. The number of allylic oxidation sites excluding steroid dienone is 1. The fourth-order valence-electron chi connectivity index (χ4n) is 12.8. The highest BCUT2D eigenvalue weighted by Crippen LogP contribution is 2.44. The molecule has 0 radical (unpaired) electrons. The molecule has 8 aromatic rings. The van der Waals surface area contributed by atoms with E-state index in [0.29, 0.717) is 23.4 Å². The first-order chi connectivity index (χ1) is 49.7. The molecule has 13 rings (SSSR count). The lowest BCUT2D eigenvalue weighted by molar-refractivity contribution is -0.268. The van der Waals surface area contributed by atoms with E-state index in [-0.39, 0.29) is 124 Å². The van der Waals surface area contributed by atoms with Gasteiger partial charge in [0.05, 0.1) is 49.8 Å². The molecule has 12 bridgehead atoms. The highest BCUT2D eigenvalue weighted by atomic mass is 32.1. The molecule has 5 aliphatic heterocycles. The number of hydrogen-bond acceptors (Lipinski definition) is 32. The van der Waals surface area contributed by atoms with E-state index in [0.717, 1.165) is 56.7 Å². The second-order valence-electron chi connectivity index (χ2n) is 25.5. The zero-order valence-corrected chi connectivity index (χ0v) is 60.8. The molecule has 12 heterocycles. The number of carbonyl (C=O) groups excluding carboxylic acids is 8. The Bertz CT molecular complexity index is 4740. The Labute approximate surface area is 611 Å². The minimum absolute atomic E-state index is 0.000960. The Morgan fingerprint density at radius 1 is 0.865 bits per heavy atom. The lowest BCUT2D eigenvalue weighted by Crippen LogP contribution is -2.58. The SMILES string of the molecule is CO/C(C)=C1/NC(=O)C(C(C)O)NC(=O)c2csc(n2)-c2cc(O)c(-c3nc(C(=O)NC(CNCCN(C)C)C(N)=O)cs3)nc2-c2csc(n2)C2COC(=O)c3c4c5c(cccc5n3O)COC(=O)C(OC3CC5(C)OCN(C)C5C(C)O3)C(OC4)C(NC(=O)c3csc1n3)c1nc(cs1)C(=O)N2. The summed E-state index contributed by atoms with van der Waals surface area (Å²) in [6.07, 6.45) is -6.77. The van der Waals surface area contributed by atoms with Crippen LogP contribution in [0.15, 0.2) is 56.9 Å². The van der Waals surface area contributed by atoms with Crippen LogP contribution in [0.3, 0.4) is 0 Å². The Kier molecular flexibility index (Phi) is 21.1. The quantitative estimate of drug-likeness (QED) is 0.0343. The minimum Gasteiger partial charge on any atom is -0.506 e. The first-order valence-corrected chi connectivity index (χ1v) is 36.8. The van der Waals surface area contributed by atoms with E-state index in [1.807, 2.05) is 44.8 Å². The van der Waals surface area contributed by atoms with Crippen molar-refractivity contribution in [3.05, 3.63) is 112 Å².